The summed E-state index contributed by atoms with van der Waals surface area (Å²) in [5.41, 5.74) is 1.67. The fourth-order valence-corrected chi connectivity index (χ4v) is 2.11. The summed E-state index contributed by atoms with van der Waals surface area (Å²) in [5, 5.41) is 16.7. The van der Waals surface area contributed by atoms with Crippen molar-refractivity contribution in [3.05, 3.63) is 54.1 Å². The zero-order valence-corrected chi connectivity index (χ0v) is 13.5. The van der Waals surface area contributed by atoms with Crippen molar-refractivity contribution in [1.29, 1.82) is 5.26 Å². The van der Waals surface area contributed by atoms with Gasteiger partial charge in [0.05, 0.1) is 11.3 Å². The number of anilines is 3. The minimum absolute atomic E-state index is 0.223. The number of carbonyl (C=O) groups excluding carboxylic acids is 3. The van der Waals surface area contributed by atoms with E-state index >= 15 is 0 Å². The molecule has 126 valence electrons. The summed E-state index contributed by atoms with van der Waals surface area (Å²) in [6, 6.07) is 15.1. The lowest BCUT2D eigenvalue weighted by Gasteiger charge is -2.09. The molecular formula is C18H16N4O3. The van der Waals surface area contributed by atoms with Crippen LogP contribution >= 0.6 is 0 Å². The molecule has 0 aliphatic carbocycles. The standard InChI is InChI=1S/C18H16N4O3/c1-12(23)20-14-6-4-7-15(9-14)21-17(24)10-18(25)22-16-8-3-2-5-13(16)11-19/h2-9H,10H2,1H3,(H,20,23)(H,21,24)(H,22,25). The molecule has 0 fully saturated rings. The molecular weight excluding hydrogens is 320 g/mol. The number of para-hydroxylation sites is 1. The number of amides is 3. The molecule has 0 atom stereocenters. The molecule has 3 N–H and O–H groups in total. The van der Waals surface area contributed by atoms with Crippen molar-refractivity contribution >= 4 is 34.8 Å². The van der Waals surface area contributed by atoms with E-state index in [0.717, 1.165) is 0 Å². The largest absolute Gasteiger partial charge is 0.326 e. The molecule has 3 amide bonds. The lowest BCUT2D eigenvalue weighted by Crippen LogP contribution is -2.21. The summed E-state index contributed by atoms with van der Waals surface area (Å²) >= 11 is 0. The first kappa shape index (κ1) is 17.7. The van der Waals surface area contributed by atoms with Gasteiger partial charge in [-0.25, -0.2) is 0 Å². The molecule has 0 aromatic heterocycles. The third kappa shape index (κ3) is 5.48. The highest BCUT2D eigenvalue weighted by atomic mass is 16.2. The minimum Gasteiger partial charge on any atom is -0.326 e. The minimum atomic E-state index is -0.529. The Balaban J connectivity index is 1.95. The van der Waals surface area contributed by atoms with Gasteiger partial charge in [0.1, 0.15) is 12.5 Å². The third-order valence-corrected chi connectivity index (χ3v) is 3.11. The number of benzene rings is 2. The molecule has 0 aliphatic heterocycles. The molecule has 0 spiro atoms. The number of hydrogen-bond donors (Lipinski definition) is 3. The van der Waals surface area contributed by atoms with Gasteiger partial charge in [0.15, 0.2) is 0 Å². The van der Waals surface area contributed by atoms with Crippen LogP contribution in [0.15, 0.2) is 48.5 Å². The predicted molar refractivity (Wildman–Crippen MR) is 93.8 cm³/mol. The van der Waals surface area contributed by atoms with Crippen LogP contribution in [-0.4, -0.2) is 17.7 Å². The second-order valence-corrected chi connectivity index (χ2v) is 5.19. The van der Waals surface area contributed by atoms with Gasteiger partial charge in [-0.15, -0.1) is 0 Å². The maximum atomic E-state index is 12.0. The van der Waals surface area contributed by atoms with Crippen molar-refractivity contribution in [2.75, 3.05) is 16.0 Å². The van der Waals surface area contributed by atoms with Crippen molar-refractivity contribution in [3.63, 3.8) is 0 Å². The first-order chi connectivity index (χ1) is 12.0. The van der Waals surface area contributed by atoms with Crippen molar-refractivity contribution < 1.29 is 14.4 Å². The predicted octanol–water partition coefficient (Wildman–Crippen LogP) is 2.48. The van der Waals surface area contributed by atoms with E-state index in [-0.39, 0.29) is 5.91 Å². The maximum absolute atomic E-state index is 12.0. The molecule has 0 bridgehead atoms. The molecule has 2 aromatic rings. The van der Waals surface area contributed by atoms with Crippen LogP contribution in [0, 0.1) is 11.3 Å². The highest BCUT2D eigenvalue weighted by molar-refractivity contribution is 6.08. The smallest absolute Gasteiger partial charge is 0.233 e. The Hall–Kier alpha value is -3.66. The highest BCUT2D eigenvalue weighted by Gasteiger charge is 2.12. The SMILES string of the molecule is CC(=O)Nc1cccc(NC(=O)CC(=O)Nc2ccccc2C#N)c1. The van der Waals surface area contributed by atoms with E-state index in [1.807, 2.05) is 6.07 Å². The fourth-order valence-electron chi connectivity index (χ4n) is 2.11. The Labute approximate surface area is 144 Å². The van der Waals surface area contributed by atoms with Gasteiger partial charge in [0, 0.05) is 18.3 Å². The summed E-state index contributed by atoms with van der Waals surface area (Å²) in [6.07, 6.45) is -0.399. The first-order valence-corrected chi connectivity index (χ1v) is 7.44. The molecule has 25 heavy (non-hydrogen) atoms. The fraction of sp³-hybridized carbons (Fsp3) is 0.111. The molecule has 0 saturated carbocycles. The highest BCUT2D eigenvalue weighted by Crippen LogP contribution is 2.16. The number of rotatable bonds is 5. The number of carbonyl (C=O) groups is 3. The van der Waals surface area contributed by atoms with Crippen LogP contribution in [0.1, 0.15) is 18.9 Å². The Morgan fingerprint density at radius 3 is 2.24 bits per heavy atom. The summed E-state index contributed by atoms with van der Waals surface area (Å²) in [5.74, 6) is -1.26. The average Bonchev–Trinajstić information content (AvgIpc) is 2.54. The van der Waals surface area contributed by atoms with E-state index < -0.39 is 18.2 Å². The van der Waals surface area contributed by atoms with E-state index in [1.54, 1.807) is 48.5 Å². The van der Waals surface area contributed by atoms with Crippen LogP contribution in [0.25, 0.3) is 0 Å². The average molecular weight is 336 g/mol. The number of nitrogens with zero attached hydrogens (tertiary/aromatic N) is 1. The molecule has 2 aromatic carbocycles. The van der Waals surface area contributed by atoms with Crippen molar-refractivity contribution in [3.8, 4) is 6.07 Å². The van der Waals surface area contributed by atoms with Gasteiger partial charge < -0.3 is 16.0 Å². The van der Waals surface area contributed by atoms with Gasteiger partial charge in [-0.05, 0) is 30.3 Å². The summed E-state index contributed by atoms with van der Waals surface area (Å²) in [7, 11) is 0. The zero-order valence-electron chi connectivity index (χ0n) is 13.5. The van der Waals surface area contributed by atoms with Crippen LogP contribution < -0.4 is 16.0 Å². The molecule has 0 saturated heterocycles. The van der Waals surface area contributed by atoms with E-state index in [4.69, 9.17) is 5.26 Å². The summed E-state index contributed by atoms with van der Waals surface area (Å²) in [4.78, 5) is 35.0. The maximum Gasteiger partial charge on any atom is 0.233 e. The van der Waals surface area contributed by atoms with Gasteiger partial charge in [-0.2, -0.15) is 5.26 Å². The van der Waals surface area contributed by atoms with Crippen molar-refractivity contribution in [2.45, 2.75) is 13.3 Å². The Bertz CT molecular complexity index is 855. The Morgan fingerprint density at radius 1 is 0.920 bits per heavy atom. The molecule has 0 unspecified atom stereocenters. The number of hydrogen-bond acceptors (Lipinski definition) is 4. The monoisotopic (exact) mass is 336 g/mol. The molecule has 0 radical (unpaired) electrons. The molecule has 2 rings (SSSR count). The lowest BCUT2D eigenvalue weighted by molar-refractivity contribution is -0.123. The van der Waals surface area contributed by atoms with Crippen LogP contribution in [0.4, 0.5) is 17.1 Å². The van der Waals surface area contributed by atoms with Gasteiger partial charge in [0.25, 0.3) is 0 Å². The second kappa shape index (κ2) is 8.26. The van der Waals surface area contributed by atoms with Crippen LogP contribution in [0.2, 0.25) is 0 Å². The van der Waals surface area contributed by atoms with E-state index in [0.29, 0.717) is 22.6 Å². The topological polar surface area (TPSA) is 111 Å². The van der Waals surface area contributed by atoms with E-state index in [9.17, 15) is 14.4 Å². The summed E-state index contributed by atoms with van der Waals surface area (Å²) in [6.45, 7) is 1.38. The van der Waals surface area contributed by atoms with Gasteiger partial charge in [-0.3, -0.25) is 14.4 Å². The molecule has 0 heterocycles. The Morgan fingerprint density at radius 2 is 1.56 bits per heavy atom. The normalized spacial score (nSPS) is 9.60. The second-order valence-electron chi connectivity index (χ2n) is 5.19. The summed E-state index contributed by atoms with van der Waals surface area (Å²) < 4.78 is 0. The first-order valence-electron chi connectivity index (χ1n) is 7.44. The van der Waals surface area contributed by atoms with Crippen LogP contribution in [0.3, 0.4) is 0 Å². The lowest BCUT2D eigenvalue weighted by atomic mass is 10.2. The van der Waals surface area contributed by atoms with Gasteiger partial charge in [0.2, 0.25) is 17.7 Å². The molecule has 0 aliphatic rings. The molecule has 7 nitrogen and oxygen atoms in total. The van der Waals surface area contributed by atoms with E-state index in [1.165, 1.54) is 6.92 Å². The van der Waals surface area contributed by atoms with Crippen molar-refractivity contribution in [2.24, 2.45) is 0 Å². The quantitative estimate of drug-likeness (QED) is 0.728. The van der Waals surface area contributed by atoms with Gasteiger partial charge in [-0.1, -0.05) is 18.2 Å². The van der Waals surface area contributed by atoms with Gasteiger partial charge >= 0.3 is 0 Å². The number of nitriles is 1. The van der Waals surface area contributed by atoms with Crippen molar-refractivity contribution in [1.82, 2.24) is 0 Å². The molecule has 7 heteroatoms. The number of nitrogens with one attached hydrogen (secondary N) is 3. The third-order valence-electron chi connectivity index (χ3n) is 3.11. The van der Waals surface area contributed by atoms with E-state index in [2.05, 4.69) is 16.0 Å². The Kier molecular flexibility index (Phi) is 5.85. The zero-order chi connectivity index (χ0) is 18.2. The van der Waals surface area contributed by atoms with Crippen LogP contribution in [0.5, 0.6) is 0 Å². The van der Waals surface area contributed by atoms with Crippen LogP contribution in [-0.2, 0) is 14.4 Å².